The van der Waals surface area contributed by atoms with E-state index in [1.165, 1.54) is 0 Å². The second-order valence-electron chi connectivity index (χ2n) is 3.81. The Hall–Kier alpha value is -1.59. The van der Waals surface area contributed by atoms with E-state index in [0.717, 1.165) is 5.56 Å². The average molecular weight is 224 g/mol. The molecule has 0 heterocycles. The molecule has 0 radical (unpaired) electrons. The Morgan fingerprint density at radius 2 is 2.06 bits per heavy atom. The molecule has 88 valence electrons. The van der Waals surface area contributed by atoms with Gasteiger partial charge in [0.25, 0.3) is 0 Å². The lowest BCUT2D eigenvalue weighted by molar-refractivity contribution is -0.121. The Morgan fingerprint density at radius 1 is 1.44 bits per heavy atom. The van der Waals surface area contributed by atoms with Crippen LogP contribution in [-0.2, 0) is 4.79 Å². The first-order chi connectivity index (χ1) is 7.41. The Kier molecular flexibility index (Phi) is 3.87. The van der Waals surface area contributed by atoms with Gasteiger partial charge in [0.05, 0.1) is 12.5 Å². The van der Waals surface area contributed by atoms with E-state index in [-0.39, 0.29) is 6.42 Å². The molecule has 0 spiro atoms. The summed E-state index contributed by atoms with van der Waals surface area (Å²) < 4.78 is 0. The maximum atomic E-state index is 10.6. The number of carbonyl (C=O) groups is 1. The predicted octanol–water partition coefficient (Wildman–Crippen LogP) is -0.153. The van der Waals surface area contributed by atoms with E-state index < -0.39 is 18.1 Å². The number of benzene rings is 1. The number of hydrogen-bond acceptors (Lipinski definition) is 4. The summed E-state index contributed by atoms with van der Waals surface area (Å²) in [5.41, 5.74) is 12.4. The SMILES string of the molecule is Cc1ccc(C(O)C(O)CC(N)=O)c(N)c1. The van der Waals surface area contributed by atoms with Gasteiger partial charge in [-0.1, -0.05) is 12.1 Å². The average Bonchev–Trinajstić information content (AvgIpc) is 2.15. The highest BCUT2D eigenvalue weighted by Crippen LogP contribution is 2.25. The fourth-order valence-corrected chi connectivity index (χ4v) is 1.49. The molecule has 0 bridgehead atoms. The number of aliphatic hydroxyl groups excluding tert-OH is 2. The Balaban J connectivity index is 2.87. The van der Waals surface area contributed by atoms with Crippen molar-refractivity contribution in [3.63, 3.8) is 0 Å². The number of carbonyl (C=O) groups excluding carboxylic acids is 1. The third-order valence-corrected chi connectivity index (χ3v) is 2.34. The molecule has 5 nitrogen and oxygen atoms in total. The van der Waals surface area contributed by atoms with Crippen LogP contribution in [0.1, 0.15) is 23.7 Å². The van der Waals surface area contributed by atoms with Gasteiger partial charge in [-0.05, 0) is 18.6 Å². The predicted molar refractivity (Wildman–Crippen MR) is 60.4 cm³/mol. The number of primary amides is 1. The molecule has 2 atom stereocenters. The molecule has 0 fully saturated rings. The molecule has 0 aliphatic heterocycles. The Bertz CT molecular complexity index is 393. The van der Waals surface area contributed by atoms with Crippen LogP contribution < -0.4 is 11.5 Å². The van der Waals surface area contributed by atoms with Crippen LogP contribution in [0.25, 0.3) is 0 Å². The molecule has 0 saturated carbocycles. The molecular weight excluding hydrogens is 208 g/mol. The van der Waals surface area contributed by atoms with E-state index in [1.54, 1.807) is 18.2 Å². The fourth-order valence-electron chi connectivity index (χ4n) is 1.49. The van der Waals surface area contributed by atoms with Gasteiger partial charge in [-0.15, -0.1) is 0 Å². The topological polar surface area (TPSA) is 110 Å². The third kappa shape index (κ3) is 2.95. The zero-order valence-electron chi connectivity index (χ0n) is 9.05. The Labute approximate surface area is 93.7 Å². The van der Waals surface area contributed by atoms with Crippen LogP contribution in [0.3, 0.4) is 0 Å². The van der Waals surface area contributed by atoms with E-state index in [4.69, 9.17) is 11.5 Å². The molecule has 0 aliphatic rings. The molecule has 16 heavy (non-hydrogen) atoms. The number of nitrogen functional groups attached to an aromatic ring is 1. The first-order valence-corrected chi connectivity index (χ1v) is 4.92. The van der Waals surface area contributed by atoms with Crippen molar-refractivity contribution < 1.29 is 15.0 Å². The van der Waals surface area contributed by atoms with Gasteiger partial charge in [-0.2, -0.15) is 0 Å². The van der Waals surface area contributed by atoms with E-state index >= 15 is 0 Å². The molecule has 1 aromatic rings. The van der Waals surface area contributed by atoms with Crippen LogP contribution in [0.5, 0.6) is 0 Å². The molecule has 1 aromatic carbocycles. The van der Waals surface area contributed by atoms with Gasteiger partial charge in [-0.25, -0.2) is 0 Å². The first-order valence-electron chi connectivity index (χ1n) is 4.92. The van der Waals surface area contributed by atoms with Crippen molar-refractivity contribution in [2.75, 3.05) is 5.73 Å². The van der Waals surface area contributed by atoms with Crippen molar-refractivity contribution in [1.82, 2.24) is 0 Å². The standard InChI is InChI=1S/C11H16N2O3/c1-6-2-3-7(8(12)4-6)11(16)9(14)5-10(13)15/h2-4,9,11,14,16H,5,12H2,1H3,(H2,13,15). The summed E-state index contributed by atoms with van der Waals surface area (Å²) in [6.45, 7) is 1.87. The minimum atomic E-state index is -1.23. The number of nitrogens with two attached hydrogens (primary N) is 2. The molecule has 6 N–H and O–H groups in total. The number of amides is 1. The third-order valence-electron chi connectivity index (χ3n) is 2.34. The minimum absolute atomic E-state index is 0.297. The van der Waals surface area contributed by atoms with Crippen molar-refractivity contribution >= 4 is 11.6 Å². The summed E-state index contributed by atoms with van der Waals surface area (Å²) in [6.07, 6.45) is -2.73. The quantitative estimate of drug-likeness (QED) is 0.533. The molecule has 0 aromatic heterocycles. The van der Waals surface area contributed by atoms with Crippen molar-refractivity contribution in [2.24, 2.45) is 5.73 Å². The summed E-state index contributed by atoms with van der Waals surface area (Å²) >= 11 is 0. The van der Waals surface area contributed by atoms with E-state index in [0.29, 0.717) is 11.3 Å². The normalized spacial score (nSPS) is 14.4. The maximum absolute atomic E-state index is 10.6. The highest BCUT2D eigenvalue weighted by Gasteiger charge is 2.21. The second kappa shape index (κ2) is 4.96. The lowest BCUT2D eigenvalue weighted by atomic mass is 9.99. The van der Waals surface area contributed by atoms with Crippen molar-refractivity contribution in [2.45, 2.75) is 25.6 Å². The van der Waals surface area contributed by atoms with Crippen LogP contribution in [-0.4, -0.2) is 22.2 Å². The van der Waals surface area contributed by atoms with Crippen LogP contribution in [0.4, 0.5) is 5.69 Å². The summed E-state index contributed by atoms with van der Waals surface area (Å²) in [5.74, 6) is -0.669. The van der Waals surface area contributed by atoms with Crippen molar-refractivity contribution in [1.29, 1.82) is 0 Å². The zero-order valence-corrected chi connectivity index (χ0v) is 9.05. The summed E-state index contributed by atoms with van der Waals surface area (Å²) in [6, 6.07) is 5.08. The number of anilines is 1. The van der Waals surface area contributed by atoms with Crippen molar-refractivity contribution in [3.05, 3.63) is 29.3 Å². The summed E-state index contributed by atoms with van der Waals surface area (Å²) in [7, 11) is 0. The minimum Gasteiger partial charge on any atom is -0.398 e. The highest BCUT2D eigenvalue weighted by molar-refractivity contribution is 5.74. The van der Waals surface area contributed by atoms with E-state index in [1.807, 2.05) is 6.92 Å². The van der Waals surface area contributed by atoms with Gasteiger partial charge in [0.1, 0.15) is 6.10 Å². The molecule has 5 heteroatoms. The zero-order chi connectivity index (χ0) is 12.3. The number of rotatable bonds is 4. The van der Waals surface area contributed by atoms with Crippen LogP contribution in [0.15, 0.2) is 18.2 Å². The highest BCUT2D eigenvalue weighted by atomic mass is 16.3. The van der Waals surface area contributed by atoms with Gasteiger partial charge in [0, 0.05) is 11.3 Å². The van der Waals surface area contributed by atoms with Crippen LogP contribution >= 0.6 is 0 Å². The molecule has 0 saturated heterocycles. The Morgan fingerprint density at radius 3 is 2.56 bits per heavy atom. The number of aryl methyl sites for hydroxylation is 1. The lowest BCUT2D eigenvalue weighted by Gasteiger charge is -2.18. The molecular formula is C11H16N2O3. The monoisotopic (exact) mass is 224 g/mol. The van der Waals surface area contributed by atoms with Gasteiger partial charge in [0.15, 0.2) is 0 Å². The molecule has 1 amide bonds. The number of aliphatic hydroxyl groups is 2. The summed E-state index contributed by atoms with van der Waals surface area (Å²) in [4.78, 5) is 10.6. The molecule has 0 aliphatic carbocycles. The largest absolute Gasteiger partial charge is 0.398 e. The molecule has 2 unspecified atom stereocenters. The maximum Gasteiger partial charge on any atom is 0.220 e. The lowest BCUT2D eigenvalue weighted by Crippen LogP contribution is -2.26. The van der Waals surface area contributed by atoms with Gasteiger partial charge < -0.3 is 21.7 Å². The smallest absolute Gasteiger partial charge is 0.220 e. The van der Waals surface area contributed by atoms with Crippen LogP contribution in [0.2, 0.25) is 0 Å². The van der Waals surface area contributed by atoms with Gasteiger partial charge in [0.2, 0.25) is 5.91 Å². The second-order valence-corrected chi connectivity index (χ2v) is 3.81. The van der Waals surface area contributed by atoms with Crippen molar-refractivity contribution in [3.8, 4) is 0 Å². The fraction of sp³-hybridized carbons (Fsp3) is 0.364. The van der Waals surface area contributed by atoms with E-state index in [9.17, 15) is 15.0 Å². The first kappa shape index (κ1) is 12.5. The van der Waals surface area contributed by atoms with Gasteiger partial charge in [-0.3, -0.25) is 4.79 Å². The van der Waals surface area contributed by atoms with E-state index in [2.05, 4.69) is 0 Å². The summed E-state index contributed by atoms with van der Waals surface area (Å²) in [5, 5.41) is 19.3. The van der Waals surface area contributed by atoms with Gasteiger partial charge >= 0.3 is 0 Å². The molecule has 1 rings (SSSR count). The van der Waals surface area contributed by atoms with Crippen LogP contribution in [0, 0.1) is 6.92 Å². The number of hydrogen-bond donors (Lipinski definition) is 4.